The Labute approximate surface area is 129 Å². The third-order valence-corrected chi connectivity index (χ3v) is 2.99. The Morgan fingerprint density at radius 2 is 1.86 bits per heavy atom. The molecule has 0 unspecified atom stereocenters. The minimum absolute atomic E-state index is 0.0387. The molecule has 0 spiro atoms. The van der Waals surface area contributed by atoms with Crippen molar-refractivity contribution >= 4 is 5.78 Å². The van der Waals surface area contributed by atoms with Gasteiger partial charge in [-0.15, -0.1) is 0 Å². The summed E-state index contributed by atoms with van der Waals surface area (Å²) in [6.45, 7) is 1.70. The molecule has 22 heavy (non-hydrogen) atoms. The lowest BCUT2D eigenvalue weighted by Crippen LogP contribution is -2.04. The zero-order valence-corrected chi connectivity index (χ0v) is 12.5. The van der Waals surface area contributed by atoms with Crippen LogP contribution in [0.3, 0.4) is 0 Å². The van der Waals surface area contributed by atoms with Crippen molar-refractivity contribution in [2.75, 3.05) is 13.9 Å². The molecule has 0 aliphatic rings. The summed E-state index contributed by atoms with van der Waals surface area (Å²) < 4.78 is 15.8. The van der Waals surface area contributed by atoms with E-state index in [0.717, 1.165) is 5.56 Å². The zero-order valence-electron chi connectivity index (χ0n) is 12.5. The number of ether oxygens (including phenoxy) is 3. The van der Waals surface area contributed by atoms with Crippen LogP contribution in [0.4, 0.5) is 0 Å². The highest BCUT2D eigenvalue weighted by Gasteiger charge is 2.17. The highest BCUT2D eigenvalue weighted by molar-refractivity contribution is 5.99. The van der Waals surface area contributed by atoms with Crippen LogP contribution in [0, 0.1) is 0 Å². The van der Waals surface area contributed by atoms with Gasteiger partial charge in [-0.25, -0.2) is 0 Å². The first kappa shape index (κ1) is 15.9. The van der Waals surface area contributed by atoms with Crippen molar-refractivity contribution in [3.05, 3.63) is 53.6 Å². The molecule has 116 valence electrons. The van der Waals surface area contributed by atoms with Crippen molar-refractivity contribution in [3.8, 4) is 17.2 Å². The SMILES string of the molecule is COCOc1cc(O)c(C(C)=O)c(OCc2ccccc2)c1. The van der Waals surface area contributed by atoms with Crippen molar-refractivity contribution in [2.45, 2.75) is 13.5 Å². The molecule has 0 fully saturated rings. The average molecular weight is 302 g/mol. The van der Waals surface area contributed by atoms with Crippen molar-refractivity contribution < 1.29 is 24.1 Å². The summed E-state index contributed by atoms with van der Waals surface area (Å²) in [5.41, 5.74) is 1.10. The van der Waals surface area contributed by atoms with Crippen LogP contribution >= 0.6 is 0 Å². The summed E-state index contributed by atoms with van der Waals surface area (Å²) in [6.07, 6.45) is 0. The first-order valence-electron chi connectivity index (χ1n) is 6.78. The Bertz CT molecular complexity index is 637. The van der Waals surface area contributed by atoms with Crippen molar-refractivity contribution in [1.29, 1.82) is 0 Å². The van der Waals surface area contributed by atoms with Crippen LogP contribution in [0.5, 0.6) is 17.2 Å². The van der Waals surface area contributed by atoms with E-state index in [1.807, 2.05) is 30.3 Å². The smallest absolute Gasteiger partial charge is 0.188 e. The quantitative estimate of drug-likeness (QED) is 0.628. The van der Waals surface area contributed by atoms with E-state index in [1.165, 1.54) is 20.1 Å². The fraction of sp³-hybridized carbons (Fsp3) is 0.235. The molecule has 0 aromatic heterocycles. The average Bonchev–Trinajstić information content (AvgIpc) is 2.51. The number of phenolic OH excluding ortho intramolecular Hbond substituents is 1. The predicted octanol–water partition coefficient (Wildman–Crippen LogP) is 3.16. The first-order valence-corrected chi connectivity index (χ1v) is 6.78. The number of benzene rings is 2. The molecule has 0 aliphatic heterocycles. The predicted molar refractivity (Wildman–Crippen MR) is 81.4 cm³/mol. The van der Waals surface area contributed by atoms with Gasteiger partial charge >= 0.3 is 0 Å². The maximum absolute atomic E-state index is 11.7. The summed E-state index contributed by atoms with van der Waals surface area (Å²) >= 11 is 0. The molecule has 0 heterocycles. The molecule has 1 N–H and O–H groups in total. The summed E-state index contributed by atoms with van der Waals surface area (Å²) in [6, 6.07) is 12.5. The molecule has 5 heteroatoms. The van der Waals surface area contributed by atoms with Gasteiger partial charge in [0.2, 0.25) is 0 Å². The van der Waals surface area contributed by atoms with E-state index >= 15 is 0 Å². The molecule has 0 saturated heterocycles. The van der Waals surface area contributed by atoms with Crippen molar-refractivity contribution in [3.63, 3.8) is 0 Å². The van der Waals surface area contributed by atoms with Gasteiger partial charge in [0.25, 0.3) is 0 Å². The van der Waals surface area contributed by atoms with Gasteiger partial charge in [0.05, 0.1) is 0 Å². The van der Waals surface area contributed by atoms with E-state index < -0.39 is 0 Å². The molecule has 0 aliphatic carbocycles. The summed E-state index contributed by atoms with van der Waals surface area (Å²) in [7, 11) is 1.50. The molecule has 0 bridgehead atoms. The fourth-order valence-corrected chi connectivity index (χ4v) is 1.99. The second kappa shape index (κ2) is 7.47. The molecule has 2 aromatic carbocycles. The zero-order chi connectivity index (χ0) is 15.9. The maximum Gasteiger partial charge on any atom is 0.188 e. The topological polar surface area (TPSA) is 65.0 Å². The van der Waals surface area contributed by atoms with Gasteiger partial charge in [-0.05, 0) is 12.5 Å². The molecule has 0 saturated carbocycles. The monoisotopic (exact) mass is 302 g/mol. The van der Waals surface area contributed by atoms with Crippen LogP contribution in [0.2, 0.25) is 0 Å². The minimum atomic E-state index is -0.279. The molecule has 2 aromatic rings. The lowest BCUT2D eigenvalue weighted by Gasteiger charge is -2.14. The Morgan fingerprint density at radius 1 is 1.14 bits per heavy atom. The highest BCUT2D eigenvalue weighted by atomic mass is 16.7. The largest absolute Gasteiger partial charge is 0.507 e. The first-order chi connectivity index (χ1) is 10.6. The summed E-state index contributed by atoms with van der Waals surface area (Å²) in [5, 5.41) is 10.0. The number of hydrogen-bond donors (Lipinski definition) is 1. The second-order valence-corrected chi connectivity index (χ2v) is 4.70. The van der Waals surface area contributed by atoms with E-state index in [1.54, 1.807) is 6.07 Å². The standard InChI is InChI=1S/C17H18O5/c1-12(18)17-15(19)8-14(22-11-20-2)9-16(17)21-10-13-6-4-3-5-7-13/h3-9,19H,10-11H2,1-2H3. The van der Waals surface area contributed by atoms with Crippen LogP contribution in [0.25, 0.3) is 0 Å². The minimum Gasteiger partial charge on any atom is -0.507 e. The van der Waals surface area contributed by atoms with Gasteiger partial charge in [0.1, 0.15) is 29.4 Å². The van der Waals surface area contributed by atoms with Gasteiger partial charge in [0.15, 0.2) is 12.6 Å². The summed E-state index contributed by atoms with van der Waals surface area (Å²) in [5.74, 6) is 0.192. The van der Waals surface area contributed by atoms with Crippen LogP contribution in [-0.2, 0) is 11.3 Å². The maximum atomic E-state index is 11.7. The van der Waals surface area contributed by atoms with Crippen LogP contribution in [0.1, 0.15) is 22.8 Å². The normalized spacial score (nSPS) is 10.3. The molecule has 5 nitrogen and oxygen atoms in total. The molecule has 0 radical (unpaired) electrons. The van der Waals surface area contributed by atoms with Crippen LogP contribution in [-0.4, -0.2) is 24.8 Å². The molecule has 2 rings (SSSR count). The number of hydrogen-bond acceptors (Lipinski definition) is 5. The Balaban J connectivity index is 2.25. The molecular formula is C17H18O5. The van der Waals surface area contributed by atoms with Gasteiger partial charge < -0.3 is 19.3 Å². The number of carbonyl (C=O) groups excluding carboxylic acids is 1. The van der Waals surface area contributed by atoms with Crippen molar-refractivity contribution in [1.82, 2.24) is 0 Å². The Hall–Kier alpha value is -2.53. The number of methoxy groups -OCH3 is 1. The number of ketones is 1. The third kappa shape index (κ3) is 3.99. The van der Waals surface area contributed by atoms with Crippen LogP contribution in [0.15, 0.2) is 42.5 Å². The lowest BCUT2D eigenvalue weighted by atomic mass is 10.1. The second-order valence-electron chi connectivity index (χ2n) is 4.70. The summed E-state index contributed by atoms with van der Waals surface area (Å²) in [4.78, 5) is 11.7. The van der Waals surface area contributed by atoms with E-state index in [2.05, 4.69) is 0 Å². The number of rotatable bonds is 7. The Kier molecular flexibility index (Phi) is 5.38. The number of Topliss-reactive ketones (excluding diaryl/α,β-unsaturated/α-hetero) is 1. The number of aromatic hydroxyl groups is 1. The van der Waals surface area contributed by atoms with Gasteiger partial charge in [-0.2, -0.15) is 0 Å². The number of carbonyl (C=O) groups is 1. The highest BCUT2D eigenvalue weighted by Crippen LogP contribution is 2.34. The van der Waals surface area contributed by atoms with E-state index in [9.17, 15) is 9.90 Å². The Morgan fingerprint density at radius 3 is 2.50 bits per heavy atom. The fourth-order valence-electron chi connectivity index (χ4n) is 1.99. The van der Waals surface area contributed by atoms with Crippen molar-refractivity contribution in [2.24, 2.45) is 0 Å². The van der Waals surface area contributed by atoms with E-state index in [-0.39, 0.29) is 36.2 Å². The van der Waals surface area contributed by atoms with E-state index in [0.29, 0.717) is 5.75 Å². The third-order valence-electron chi connectivity index (χ3n) is 2.99. The van der Waals surface area contributed by atoms with Crippen LogP contribution < -0.4 is 9.47 Å². The lowest BCUT2D eigenvalue weighted by molar-refractivity contribution is 0.0507. The molecular weight excluding hydrogens is 284 g/mol. The van der Waals surface area contributed by atoms with E-state index in [4.69, 9.17) is 14.2 Å². The molecule has 0 amide bonds. The van der Waals surface area contributed by atoms with Gasteiger partial charge in [0, 0.05) is 19.2 Å². The molecule has 0 atom stereocenters. The van der Waals surface area contributed by atoms with Gasteiger partial charge in [-0.1, -0.05) is 30.3 Å². The number of phenols is 1. The van der Waals surface area contributed by atoms with Gasteiger partial charge in [-0.3, -0.25) is 4.79 Å².